The molecule has 1 heterocycles. The van der Waals surface area contributed by atoms with E-state index in [0.29, 0.717) is 41.4 Å². The highest BCUT2D eigenvalue weighted by molar-refractivity contribution is 7.89. The van der Waals surface area contributed by atoms with Crippen molar-refractivity contribution < 1.29 is 13.2 Å². The Morgan fingerprint density at radius 2 is 1.92 bits per heavy atom. The Kier molecular flexibility index (Phi) is 4.65. The Morgan fingerprint density at radius 1 is 1.15 bits per heavy atom. The van der Waals surface area contributed by atoms with Crippen molar-refractivity contribution in [1.29, 1.82) is 0 Å². The van der Waals surface area contributed by atoms with E-state index in [1.807, 2.05) is 0 Å². The molecule has 1 aromatic rings. The van der Waals surface area contributed by atoms with Crippen LogP contribution in [0.4, 0.5) is 5.69 Å². The second-order valence-electron chi connectivity index (χ2n) is 8.01. The molecule has 26 heavy (non-hydrogen) atoms. The van der Waals surface area contributed by atoms with Crippen LogP contribution in [0.15, 0.2) is 41.3 Å². The van der Waals surface area contributed by atoms with Gasteiger partial charge in [-0.25, -0.2) is 8.42 Å². The first-order chi connectivity index (χ1) is 12.4. The van der Waals surface area contributed by atoms with Crippen molar-refractivity contribution in [3.05, 3.63) is 36.4 Å². The first kappa shape index (κ1) is 17.7. The maximum absolute atomic E-state index is 12.8. The van der Waals surface area contributed by atoms with Crippen LogP contribution < -0.4 is 5.32 Å². The minimum Gasteiger partial charge on any atom is -0.326 e. The van der Waals surface area contributed by atoms with E-state index in [9.17, 15) is 13.2 Å². The standard InChI is InChI=1S/C20H26N2O3S/c1-14-3-2-10-22(13-14)26(24,25)18-8-6-17(7-9-18)21-20(23)19-12-15-4-5-16(19)11-15/h4-9,14-16,19H,2-3,10-13H2,1H3,(H,21,23)/t14-,15+,16+,19+/m1/s1. The summed E-state index contributed by atoms with van der Waals surface area (Å²) in [6.07, 6.45) is 8.38. The second kappa shape index (κ2) is 6.82. The number of benzene rings is 1. The summed E-state index contributed by atoms with van der Waals surface area (Å²) in [5.74, 6) is 1.40. The number of allylic oxidation sites excluding steroid dienone is 2. The Balaban J connectivity index is 1.43. The third-order valence-electron chi connectivity index (χ3n) is 6.00. The molecular formula is C20H26N2O3S. The molecule has 0 aromatic heterocycles. The molecule has 1 N–H and O–H groups in total. The van der Waals surface area contributed by atoms with Gasteiger partial charge in [0.25, 0.3) is 0 Å². The molecule has 4 rings (SSSR count). The molecule has 0 unspecified atom stereocenters. The van der Waals surface area contributed by atoms with Gasteiger partial charge in [-0.05, 0) is 67.7 Å². The van der Waals surface area contributed by atoms with E-state index < -0.39 is 10.0 Å². The second-order valence-corrected chi connectivity index (χ2v) is 9.95. The van der Waals surface area contributed by atoms with Crippen molar-refractivity contribution in [2.24, 2.45) is 23.7 Å². The van der Waals surface area contributed by atoms with Gasteiger partial charge in [0.1, 0.15) is 0 Å². The summed E-state index contributed by atoms with van der Waals surface area (Å²) >= 11 is 0. The largest absolute Gasteiger partial charge is 0.326 e. The highest BCUT2D eigenvalue weighted by atomic mass is 32.2. The number of hydrogen-bond acceptors (Lipinski definition) is 3. The van der Waals surface area contributed by atoms with E-state index in [1.165, 1.54) is 0 Å². The fourth-order valence-electron chi connectivity index (χ4n) is 4.54. The normalized spacial score (nSPS) is 31.3. The first-order valence-corrected chi connectivity index (χ1v) is 11.0. The lowest BCUT2D eigenvalue weighted by Crippen LogP contribution is -2.39. The van der Waals surface area contributed by atoms with Crippen LogP contribution in [0.3, 0.4) is 0 Å². The summed E-state index contributed by atoms with van der Waals surface area (Å²) in [5, 5.41) is 2.95. The summed E-state index contributed by atoms with van der Waals surface area (Å²) in [6.45, 7) is 3.26. The molecule has 6 heteroatoms. The fourth-order valence-corrected chi connectivity index (χ4v) is 6.14. The van der Waals surface area contributed by atoms with Crippen molar-refractivity contribution >= 4 is 21.6 Å². The third-order valence-corrected chi connectivity index (χ3v) is 7.87. The number of carbonyl (C=O) groups is 1. The summed E-state index contributed by atoms with van der Waals surface area (Å²) in [6, 6.07) is 6.60. The van der Waals surface area contributed by atoms with E-state index in [0.717, 1.165) is 25.7 Å². The van der Waals surface area contributed by atoms with Crippen LogP contribution in [0.1, 0.15) is 32.6 Å². The average Bonchev–Trinajstić information content (AvgIpc) is 3.25. The smallest absolute Gasteiger partial charge is 0.243 e. The van der Waals surface area contributed by atoms with Crippen LogP contribution in [0.5, 0.6) is 0 Å². The lowest BCUT2D eigenvalue weighted by Gasteiger charge is -2.30. The number of rotatable bonds is 4. The minimum atomic E-state index is -3.45. The van der Waals surface area contributed by atoms with Gasteiger partial charge < -0.3 is 5.32 Å². The Hall–Kier alpha value is -1.66. The lowest BCUT2D eigenvalue weighted by molar-refractivity contribution is -0.120. The summed E-state index contributed by atoms with van der Waals surface area (Å²) in [4.78, 5) is 12.8. The Morgan fingerprint density at radius 3 is 2.54 bits per heavy atom. The molecule has 140 valence electrons. The maximum Gasteiger partial charge on any atom is 0.243 e. The zero-order valence-corrected chi connectivity index (χ0v) is 15.9. The number of nitrogens with zero attached hydrogens (tertiary/aromatic N) is 1. The van der Waals surface area contributed by atoms with Gasteiger partial charge >= 0.3 is 0 Å². The van der Waals surface area contributed by atoms with Gasteiger partial charge in [-0.15, -0.1) is 0 Å². The number of fused-ring (bicyclic) bond motifs is 2. The van der Waals surface area contributed by atoms with Crippen LogP contribution in [0.2, 0.25) is 0 Å². The van der Waals surface area contributed by atoms with Crippen molar-refractivity contribution in [3.63, 3.8) is 0 Å². The molecule has 2 bridgehead atoms. The molecule has 2 fully saturated rings. The quantitative estimate of drug-likeness (QED) is 0.823. The zero-order chi connectivity index (χ0) is 18.3. The number of sulfonamides is 1. The van der Waals surface area contributed by atoms with E-state index in [2.05, 4.69) is 24.4 Å². The molecule has 0 radical (unpaired) electrons. The lowest BCUT2D eigenvalue weighted by atomic mass is 9.93. The van der Waals surface area contributed by atoms with Crippen LogP contribution in [0.25, 0.3) is 0 Å². The van der Waals surface area contributed by atoms with Gasteiger partial charge in [-0.2, -0.15) is 4.31 Å². The molecule has 3 aliphatic rings. The molecule has 2 aliphatic carbocycles. The van der Waals surface area contributed by atoms with Gasteiger partial charge in [-0.3, -0.25) is 4.79 Å². The summed E-state index contributed by atoms with van der Waals surface area (Å²) in [7, 11) is -3.45. The zero-order valence-electron chi connectivity index (χ0n) is 15.1. The van der Waals surface area contributed by atoms with Crippen LogP contribution >= 0.6 is 0 Å². The van der Waals surface area contributed by atoms with Gasteiger partial charge in [0.15, 0.2) is 0 Å². The monoisotopic (exact) mass is 374 g/mol. The molecular weight excluding hydrogens is 348 g/mol. The van der Waals surface area contributed by atoms with Crippen LogP contribution in [-0.4, -0.2) is 31.7 Å². The van der Waals surface area contributed by atoms with E-state index in [4.69, 9.17) is 0 Å². The fraction of sp³-hybridized carbons (Fsp3) is 0.550. The SMILES string of the molecule is C[C@@H]1CCCN(S(=O)(=O)c2ccc(NC(=O)[C@H]3C[C@H]4C=C[C@H]3C4)cc2)C1. The van der Waals surface area contributed by atoms with Crippen molar-refractivity contribution in [3.8, 4) is 0 Å². The Labute approximate surface area is 155 Å². The summed E-state index contributed by atoms with van der Waals surface area (Å²) < 4.78 is 27.2. The number of nitrogens with one attached hydrogen (secondary N) is 1. The highest BCUT2D eigenvalue weighted by Crippen LogP contribution is 2.43. The molecule has 1 aromatic carbocycles. The summed E-state index contributed by atoms with van der Waals surface area (Å²) in [5.41, 5.74) is 0.660. The Bertz CT molecular complexity index is 816. The van der Waals surface area contributed by atoms with Gasteiger partial charge in [0, 0.05) is 24.7 Å². The van der Waals surface area contributed by atoms with Crippen molar-refractivity contribution in [2.45, 2.75) is 37.5 Å². The van der Waals surface area contributed by atoms with Crippen molar-refractivity contribution in [1.82, 2.24) is 4.31 Å². The van der Waals surface area contributed by atoms with E-state index in [-0.39, 0.29) is 11.8 Å². The predicted molar refractivity (Wildman–Crippen MR) is 101 cm³/mol. The van der Waals surface area contributed by atoms with Gasteiger partial charge in [0.2, 0.25) is 15.9 Å². The average molecular weight is 375 g/mol. The first-order valence-electron chi connectivity index (χ1n) is 9.53. The molecule has 1 saturated carbocycles. The van der Waals surface area contributed by atoms with E-state index in [1.54, 1.807) is 28.6 Å². The predicted octanol–water partition coefficient (Wildman–Crippen LogP) is 3.26. The van der Waals surface area contributed by atoms with Crippen LogP contribution in [-0.2, 0) is 14.8 Å². The maximum atomic E-state index is 12.8. The minimum absolute atomic E-state index is 0.0438. The van der Waals surface area contributed by atoms with Gasteiger partial charge in [0.05, 0.1) is 4.90 Å². The highest BCUT2D eigenvalue weighted by Gasteiger charge is 2.39. The van der Waals surface area contributed by atoms with Crippen molar-refractivity contribution in [2.75, 3.05) is 18.4 Å². The molecule has 0 spiro atoms. The molecule has 5 nitrogen and oxygen atoms in total. The topological polar surface area (TPSA) is 66.5 Å². The number of piperidine rings is 1. The number of hydrogen-bond donors (Lipinski definition) is 1. The molecule has 1 saturated heterocycles. The molecule has 1 aliphatic heterocycles. The third kappa shape index (κ3) is 3.32. The molecule has 1 amide bonds. The number of anilines is 1. The van der Waals surface area contributed by atoms with E-state index >= 15 is 0 Å². The van der Waals surface area contributed by atoms with Crippen LogP contribution in [0, 0.1) is 23.7 Å². The number of amides is 1. The number of carbonyl (C=O) groups excluding carboxylic acids is 1. The van der Waals surface area contributed by atoms with Gasteiger partial charge in [-0.1, -0.05) is 19.1 Å². The molecule has 4 atom stereocenters.